The molecular weight excluding hydrogens is 367 g/mol. The lowest BCUT2D eigenvalue weighted by atomic mass is 9.44. The van der Waals surface area contributed by atoms with Gasteiger partial charge in [-0.2, -0.15) is 0 Å². The van der Waals surface area contributed by atoms with Gasteiger partial charge in [-0.1, -0.05) is 31.2 Å². The second-order valence-corrected chi connectivity index (χ2v) is 10.9. The largest absolute Gasteiger partial charge is 0.391 e. The van der Waals surface area contributed by atoms with E-state index in [1.54, 1.807) is 0 Å². The number of ketones is 1. The number of hydrogen-bond donors (Lipinski definition) is 1. The zero-order valence-corrected chi connectivity index (χ0v) is 17.9. The minimum Gasteiger partial charge on any atom is -0.391 e. The van der Waals surface area contributed by atoms with Crippen LogP contribution in [0.2, 0.25) is 0 Å². The van der Waals surface area contributed by atoms with Gasteiger partial charge in [-0.05, 0) is 80.6 Å². The van der Waals surface area contributed by atoms with Crippen LogP contribution in [0.4, 0.5) is 4.39 Å². The van der Waals surface area contributed by atoms with E-state index in [1.165, 1.54) is 11.3 Å². The Labute approximate surface area is 173 Å². The first-order valence-corrected chi connectivity index (χ1v) is 11.6. The fourth-order valence-corrected chi connectivity index (χ4v) is 7.64. The van der Waals surface area contributed by atoms with Gasteiger partial charge in [0.25, 0.3) is 0 Å². The number of rotatable bonds is 2. The van der Waals surface area contributed by atoms with Gasteiger partial charge in [-0.3, -0.25) is 4.79 Å². The topological polar surface area (TPSA) is 50.7 Å². The van der Waals surface area contributed by atoms with Crippen LogP contribution >= 0.6 is 0 Å². The molecule has 0 bridgehead atoms. The summed E-state index contributed by atoms with van der Waals surface area (Å²) < 4.78 is 14.4. The minimum atomic E-state index is -1.27. The van der Waals surface area contributed by atoms with Gasteiger partial charge in [-0.15, -0.1) is 0 Å². The summed E-state index contributed by atoms with van der Waals surface area (Å²) in [7, 11) is 0. The highest BCUT2D eigenvalue weighted by molar-refractivity contribution is 5.91. The lowest BCUT2D eigenvalue weighted by Gasteiger charge is -2.60. The molecule has 0 aromatic carbocycles. The number of alkyl halides is 1. The van der Waals surface area contributed by atoms with E-state index in [4.69, 9.17) is 4.84 Å². The van der Waals surface area contributed by atoms with Crippen molar-refractivity contribution in [3.8, 4) is 0 Å². The molecule has 0 amide bonds. The molecule has 5 rings (SSSR count). The number of carbonyl (C=O) groups excluding carboxylic acids is 1. The quantitative estimate of drug-likeness (QED) is 0.548. The van der Waals surface area contributed by atoms with Crippen molar-refractivity contribution in [2.24, 2.45) is 39.7 Å². The number of hydrogen-bond acceptors (Lipinski definition) is 4. The fraction of sp³-hybridized carbons (Fsp3) is 0.833. The molecule has 1 aliphatic heterocycles. The first-order valence-electron chi connectivity index (χ1n) is 11.6. The molecule has 4 nitrogen and oxygen atoms in total. The molecule has 1 N–H and O–H groups in total. The Bertz CT molecular complexity index is 745. The lowest BCUT2D eigenvalue weighted by Crippen LogP contribution is -2.54. The second-order valence-electron chi connectivity index (χ2n) is 10.9. The van der Waals surface area contributed by atoms with Crippen LogP contribution in [-0.4, -0.2) is 36.9 Å². The summed E-state index contributed by atoms with van der Waals surface area (Å²) in [4.78, 5) is 18.4. The summed E-state index contributed by atoms with van der Waals surface area (Å²) >= 11 is 0. The molecule has 5 heteroatoms. The van der Waals surface area contributed by atoms with Gasteiger partial charge >= 0.3 is 0 Å². The van der Waals surface area contributed by atoms with Gasteiger partial charge in [0, 0.05) is 18.4 Å². The Balaban J connectivity index is 1.35. The highest BCUT2D eigenvalue weighted by atomic mass is 19.1. The zero-order chi connectivity index (χ0) is 20.4. The molecule has 0 radical (unpaired) electrons. The maximum Gasteiger partial charge on any atom is 0.173 e. The Hall–Kier alpha value is -1.23. The van der Waals surface area contributed by atoms with Crippen LogP contribution in [0.1, 0.15) is 65.2 Å². The van der Waals surface area contributed by atoms with Crippen molar-refractivity contribution < 1.29 is 14.0 Å². The smallest absolute Gasteiger partial charge is 0.173 e. The summed E-state index contributed by atoms with van der Waals surface area (Å²) in [5.41, 5.74) is 2.22. The van der Waals surface area contributed by atoms with Crippen molar-refractivity contribution in [1.29, 1.82) is 0 Å². The minimum absolute atomic E-state index is 0.141. The number of fused-ring (bicyclic) bond motifs is 5. The predicted molar refractivity (Wildman–Crippen MR) is 111 cm³/mol. The van der Waals surface area contributed by atoms with Crippen LogP contribution in [0.25, 0.3) is 0 Å². The van der Waals surface area contributed by atoms with Crippen LogP contribution in [0.5, 0.6) is 0 Å². The maximum atomic E-state index is 14.4. The molecule has 4 aliphatic carbocycles. The van der Waals surface area contributed by atoms with E-state index >= 15 is 0 Å². The van der Waals surface area contributed by atoms with Crippen molar-refractivity contribution in [2.75, 3.05) is 13.1 Å². The molecule has 5 aliphatic rings. The Kier molecular flexibility index (Phi) is 4.69. The average Bonchev–Trinajstić information content (AvgIpc) is 3.29. The second kappa shape index (κ2) is 6.90. The van der Waals surface area contributed by atoms with E-state index in [-0.39, 0.29) is 23.2 Å². The molecule has 8 atom stereocenters. The van der Waals surface area contributed by atoms with Crippen LogP contribution in [-0.2, 0) is 9.63 Å². The molecular formula is C24H35FN2O2. The Morgan fingerprint density at radius 1 is 1.21 bits per heavy atom. The highest BCUT2D eigenvalue weighted by Gasteiger charge is 2.63. The van der Waals surface area contributed by atoms with Crippen molar-refractivity contribution in [3.05, 3.63) is 12.2 Å². The molecule has 0 aromatic rings. The van der Waals surface area contributed by atoms with E-state index in [0.717, 1.165) is 58.0 Å². The number of nitrogens with one attached hydrogen (secondary N) is 1. The molecule has 4 saturated carbocycles. The fourth-order valence-electron chi connectivity index (χ4n) is 7.64. The van der Waals surface area contributed by atoms with E-state index in [2.05, 4.69) is 24.0 Å². The zero-order valence-electron chi connectivity index (χ0n) is 17.9. The molecule has 0 aromatic heterocycles. The first-order chi connectivity index (χ1) is 13.8. The van der Waals surface area contributed by atoms with Crippen molar-refractivity contribution in [1.82, 2.24) is 5.32 Å². The first kappa shape index (κ1) is 19.7. The number of allylic oxidation sites excluding steroid dienone is 1. The van der Waals surface area contributed by atoms with Gasteiger partial charge in [0.1, 0.15) is 6.10 Å². The molecule has 29 heavy (non-hydrogen) atoms. The van der Waals surface area contributed by atoms with Gasteiger partial charge < -0.3 is 10.2 Å². The predicted octanol–water partition coefficient (Wildman–Crippen LogP) is 4.45. The third-order valence-corrected chi connectivity index (χ3v) is 9.51. The number of carbonyl (C=O) groups is 1. The number of halogens is 1. The molecule has 1 heterocycles. The highest BCUT2D eigenvalue weighted by Crippen LogP contribution is 2.66. The number of oxime groups is 1. The Morgan fingerprint density at radius 3 is 2.79 bits per heavy atom. The van der Waals surface area contributed by atoms with Gasteiger partial charge in [0.05, 0.1) is 5.71 Å². The third kappa shape index (κ3) is 2.94. The third-order valence-electron chi connectivity index (χ3n) is 9.51. The van der Waals surface area contributed by atoms with Crippen LogP contribution in [0.15, 0.2) is 17.3 Å². The van der Waals surface area contributed by atoms with Crippen LogP contribution in [0, 0.1) is 34.5 Å². The molecule has 160 valence electrons. The molecule has 0 spiro atoms. The van der Waals surface area contributed by atoms with Crippen LogP contribution < -0.4 is 5.32 Å². The van der Waals surface area contributed by atoms with Gasteiger partial charge in [-0.25, -0.2) is 4.39 Å². The van der Waals surface area contributed by atoms with Gasteiger partial charge in [0.15, 0.2) is 12.0 Å². The van der Waals surface area contributed by atoms with E-state index < -0.39 is 11.6 Å². The van der Waals surface area contributed by atoms with Crippen molar-refractivity contribution in [3.63, 3.8) is 0 Å². The van der Waals surface area contributed by atoms with Crippen LogP contribution in [0.3, 0.4) is 0 Å². The van der Waals surface area contributed by atoms with Gasteiger partial charge in [0.2, 0.25) is 0 Å². The normalized spacial score (nSPS) is 50.9. The van der Waals surface area contributed by atoms with Crippen molar-refractivity contribution >= 4 is 11.5 Å². The van der Waals surface area contributed by atoms with E-state index in [1.807, 2.05) is 6.92 Å². The van der Waals surface area contributed by atoms with E-state index in [0.29, 0.717) is 24.2 Å². The summed E-state index contributed by atoms with van der Waals surface area (Å²) in [6, 6.07) is 0. The monoisotopic (exact) mass is 402 g/mol. The lowest BCUT2D eigenvalue weighted by molar-refractivity contribution is -0.135. The van der Waals surface area contributed by atoms with Crippen molar-refractivity contribution in [2.45, 2.75) is 77.5 Å². The SMILES string of the molecule is C=C1CC2CC(=NOC3CCNC3)CCC2(C)C2CCC3(C)C(=O)C(F)CC3C12. The summed E-state index contributed by atoms with van der Waals surface area (Å²) in [5.74, 6) is 1.36. The Morgan fingerprint density at radius 2 is 2.03 bits per heavy atom. The maximum absolute atomic E-state index is 14.4. The molecule has 8 unspecified atom stereocenters. The average molecular weight is 403 g/mol. The number of Topliss-reactive ketones (excluding diaryl/α,β-unsaturated/α-hetero) is 1. The summed E-state index contributed by atoms with van der Waals surface area (Å²) in [6.45, 7) is 10.9. The summed E-state index contributed by atoms with van der Waals surface area (Å²) in [6.07, 6.45) is 6.35. The molecule has 5 fully saturated rings. The summed E-state index contributed by atoms with van der Waals surface area (Å²) in [5, 5.41) is 7.87. The molecule has 1 saturated heterocycles. The number of nitrogens with zero attached hydrogens (tertiary/aromatic N) is 1. The van der Waals surface area contributed by atoms with E-state index in [9.17, 15) is 9.18 Å². The standard InChI is InChI=1S/C24H35FN2O2/c1-14-10-15-11-16(27-29-17-6-9-26-13-17)4-7-23(15,2)18-5-8-24(3)19(21(14)18)12-20(25)22(24)28/h15,17-21,26H,1,4-13H2,2-3H3.